The molecule has 0 radical (unpaired) electrons. The molecule has 1 aliphatic heterocycles. The van der Waals surface area contributed by atoms with Gasteiger partial charge in [0.15, 0.2) is 9.84 Å². The van der Waals surface area contributed by atoms with E-state index < -0.39 is 32.6 Å². The molecule has 0 saturated heterocycles. The normalized spacial score (nSPS) is 16.7. The fourth-order valence-corrected chi connectivity index (χ4v) is 5.13. The van der Waals surface area contributed by atoms with Gasteiger partial charge in [0.05, 0.1) is 15.8 Å². The van der Waals surface area contributed by atoms with Crippen LogP contribution < -0.4 is 10.2 Å². The summed E-state index contributed by atoms with van der Waals surface area (Å²) >= 11 is 0. The second-order valence-corrected chi connectivity index (χ2v) is 10.4. The first-order valence-corrected chi connectivity index (χ1v) is 11.6. The molecule has 1 unspecified atom stereocenters. The van der Waals surface area contributed by atoms with E-state index in [1.54, 1.807) is 17.0 Å². The summed E-state index contributed by atoms with van der Waals surface area (Å²) in [5.74, 6) is -2.23. The smallest absolute Gasteiger partial charge is 0.230 e. The molecule has 2 aliphatic rings. The Kier molecular flexibility index (Phi) is 5.55. The Morgan fingerprint density at radius 1 is 1.16 bits per heavy atom. The molecule has 1 N–H and O–H groups in total. The van der Waals surface area contributed by atoms with E-state index >= 15 is 0 Å². The zero-order valence-corrected chi connectivity index (χ0v) is 17.7. The highest BCUT2D eigenvalue weighted by molar-refractivity contribution is 7.92. The Labute approximate surface area is 179 Å². The van der Waals surface area contributed by atoms with E-state index in [-0.39, 0.29) is 28.8 Å². The highest BCUT2D eigenvalue weighted by Crippen LogP contribution is 2.37. The molecule has 1 heterocycles. The average Bonchev–Trinajstić information content (AvgIpc) is 3.48. The monoisotopic (exact) mass is 448 g/mol. The summed E-state index contributed by atoms with van der Waals surface area (Å²) in [6.07, 6.45) is 2.00. The van der Waals surface area contributed by atoms with E-state index in [4.69, 9.17) is 0 Å². The zero-order valence-electron chi connectivity index (χ0n) is 16.9. The number of hydrogen-bond acceptors (Lipinski definition) is 4. The maximum Gasteiger partial charge on any atom is 0.230 e. The predicted molar refractivity (Wildman–Crippen MR) is 111 cm³/mol. The van der Waals surface area contributed by atoms with Gasteiger partial charge < -0.3 is 10.2 Å². The summed E-state index contributed by atoms with van der Waals surface area (Å²) in [5.41, 5.74) is 1.32. The van der Waals surface area contributed by atoms with E-state index in [2.05, 4.69) is 5.32 Å². The number of anilines is 2. The number of hydrogen-bond donors (Lipinski definition) is 1. The Morgan fingerprint density at radius 2 is 1.90 bits per heavy atom. The molecule has 1 saturated carbocycles. The van der Waals surface area contributed by atoms with Gasteiger partial charge in [-0.05, 0) is 62.1 Å². The van der Waals surface area contributed by atoms with Crippen molar-refractivity contribution in [2.45, 2.75) is 42.8 Å². The Hall–Kier alpha value is -2.81. The highest BCUT2D eigenvalue weighted by Gasteiger charge is 2.37. The van der Waals surface area contributed by atoms with Gasteiger partial charge in [0.2, 0.25) is 11.8 Å². The fourth-order valence-electron chi connectivity index (χ4n) is 3.73. The van der Waals surface area contributed by atoms with Crippen molar-refractivity contribution in [3.8, 4) is 0 Å². The summed E-state index contributed by atoms with van der Waals surface area (Å²) in [6, 6.07) is 7.39. The number of rotatable bonds is 6. The molecule has 9 heteroatoms. The molecule has 1 aliphatic carbocycles. The van der Waals surface area contributed by atoms with Crippen LogP contribution in [0.4, 0.5) is 20.2 Å². The Morgan fingerprint density at radius 3 is 2.58 bits per heavy atom. The largest absolute Gasteiger partial charge is 0.324 e. The second-order valence-electron chi connectivity index (χ2n) is 8.04. The van der Waals surface area contributed by atoms with Crippen LogP contribution in [-0.4, -0.2) is 32.0 Å². The number of nitrogens with zero attached hydrogens (tertiary/aromatic N) is 1. The van der Waals surface area contributed by atoms with Gasteiger partial charge in [0.1, 0.15) is 11.6 Å². The lowest BCUT2D eigenvalue weighted by Crippen LogP contribution is -2.30. The molecular formula is C22H22F2N2O4S. The van der Waals surface area contributed by atoms with Crippen LogP contribution in [0.1, 0.15) is 31.7 Å². The molecule has 1 fully saturated rings. The molecule has 0 spiro atoms. The third-order valence-electron chi connectivity index (χ3n) is 5.68. The number of nitrogens with one attached hydrogen (secondary N) is 1. The van der Waals surface area contributed by atoms with Gasteiger partial charge in [-0.25, -0.2) is 17.2 Å². The van der Waals surface area contributed by atoms with Gasteiger partial charge in [-0.2, -0.15) is 0 Å². The molecule has 4 rings (SSSR count). The van der Waals surface area contributed by atoms with Crippen LogP contribution >= 0.6 is 0 Å². The predicted octanol–water partition coefficient (Wildman–Crippen LogP) is 3.45. The van der Waals surface area contributed by atoms with Crippen LogP contribution in [0.25, 0.3) is 0 Å². The van der Waals surface area contributed by atoms with Crippen molar-refractivity contribution in [3.05, 3.63) is 53.6 Å². The molecular weight excluding hydrogens is 426 g/mol. The maximum absolute atomic E-state index is 13.7. The average molecular weight is 448 g/mol. The molecule has 31 heavy (non-hydrogen) atoms. The van der Waals surface area contributed by atoms with Crippen molar-refractivity contribution in [1.29, 1.82) is 0 Å². The Balaban J connectivity index is 1.46. The van der Waals surface area contributed by atoms with Crippen molar-refractivity contribution >= 4 is 33.0 Å². The summed E-state index contributed by atoms with van der Waals surface area (Å²) in [7, 11) is -3.82. The number of carbonyl (C=O) groups is 2. The molecule has 164 valence electrons. The van der Waals surface area contributed by atoms with Crippen molar-refractivity contribution in [3.63, 3.8) is 0 Å². The van der Waals surface area contributed by atoms with Gasteiger partial charge in [-0.1, -0.05) is 0 Å². The second kappa shape index (κ2) is 8.03. The van der Waals surface area contributed by atoms with Crippen molar-refractivity contribution in [1.82, 2.24) is 0 Å². The van der Waals surface area contributed by atoms with Crippen LogP contribution in [0.2, 0.25) is 0 Å². The third-order valence-corrected chi connectivity index (χ3v) is 7.81. The first-order valence-electron chi connectivity index (χ1n) is 10.1. The number of halogens is 2. The van der Waals surface area contributed by atoms with Gasteiger partial charge in [-0.3, -0.25) is 9.59 Å². The van der Waals surface area contributed by atoms with Crippen LogP contribution in [0.5, 0.6) is 0 Å². The van der Waals surface area contributed by atoms with Crippen LogP contribution in [0.15, 0.2) is 41.3 Å². The summed E-state index contributed by atoms with van der Waals surface area (Å²) in [5, 5.41) is 1.22. The van der Waals surface area contributed by atoms with Gasteiger partial charge in [0, 0.05) is 30.6 Å². The number of fused-ring (bicyclic) bond motifs is 1. The van der Waals surface area contributed by atoms with Crippen molar-refractivity contribution < 1.29 is 26.8 Å². The topological polar surface area (TPSA) is 83.6 Å². The lowest BCUT2D eigenvalue weighted by molar-refractivity contribution is -0.119. The lowest BCUT2D eigenvalue weighted by Gasteiger charge is -2.18. The maximum atomic E-state index is 13.7. The van der Waals surface area contributed by atoms with E-state index in [1.165, 1.54) is 13.0 Å². The molecule has 6 nitrogen and oxygen atoms in total. The van der Waals surface area contributed by atoms with Gasteiger partial charge >= 0.3 is 0 Å². The molecule has 0 aromatic heterocycles. The van der Waals surface area contributed by atoms with Crippen molar-refractivity contribution in [2.75, 3.05) is 16.8 Å². The number of amides is 2. The standard InChI is InChI=1S/C22H22F2N2O4S/c1-13(10-21(27)25-19-6-4-16(23)12-18(19)24)31(29,30)17-5-7-20-15(11-17)8-9-26(20)22(28)14-2-3-14/h4-7,11-14H,2-3,8-10H2,1H3,(H,25,27). The first-order chi connectivity index (χ1) is 14.7. The zero-order chi connectivity index (χ0) is 22.3. The van der Waals surface area contributed by atoms with Crippen molar-refractivity contribution in [2.24, 2.45) is 5.92 Å². The van der Waals surface area contributed by atoms with Gasteiger partial charge in [-0.15, -0.1) is 0 Å². The minimum absolute atomic E-state index is 0.0823. The molecule has 0 bridgehead atoms. The minimum atomic E-state index is -3.82. The Bertz CT molecular complexity index is 1160. The van der Waals surface area contributed by atoms with E-state index in [0.717, 1.165) is 36.2 Å². The molecule has 2 aromatic rings. The molecule has 1 atom stereocenters. The lowest BCUT2D eigenvalue weighted by atomic mass is 10.2. The molecule has 2 amide bonds. The quantitative estimate of drug-likeness (QED) is 0.734. The van der Waals surface area contributed by atoms with E-state index in [0.29, 0.717) is 19.0 Å². The number of benzene rings is 2. The summed E-state index contributed by atoms with van der Waals surface area (Å²) in [6.45, 7) is 1.95. The SMILES string of the molecule is CC(CC(=O)Nc1ccc(F)cc1F)S(=O)(=O)c1ccc2c(c1)CCN2C(=O)C1CC1. The summed E-state index contributed by atoms with van der Waals surface area (Å²) in [4.78, 5) is 26.4. The van der Waals surface area contributed by atoms with Gasteiger partial charge in [0.25, 0.3) is 0 Å². The van der Waals surface area contributed by atoms with Crippen LogP contribution in [0.3, 0.4) is 0 Å². The minimum Gasteiger partial charge on any atom is -0.324 e. The first kappa shape index (κ1) is 21.4. The van der Waals surface area contributed by atoms with E-state index in [9.17, 15) is 26.8 Å². The van der Waals surface area contributed by atoms with E-state index in [1.807, 2.05) is 0 Å². The highest BCUT2D eigenvalue weighted by atomic mass is 32.2. The van der Waals surface area contributed by atoms with Crippen LogP contribution in [0, 0.1) is 17.6 Å². The fraction of sp³-hybridized carbons (Fsp3) is 0.364. The summed E-state index contributed by atoms with van der Waals surface area (Å²) < 4.78 is 52.7. The third kappa shape index (κ3) is 4.32. The number of carbonyl (C=O) groups excluding carboxylic acids is 2. The molecule has 2 aromatic carbocycles. The number of sulfone groups is 1. The van der Waals surface area contributed by atoms with Crippen LogP contribution in [-0.2, 0) is 25.8 Å².